The highest BCUT2D eigenvalue weighted by Crippen LogP contribution is 2.28. The Labute approximate surface area is 166 Å². The molecule has 2 aromatic rings. The van der Waals surface area contributed by atoms with E-state index in [1.807, 2.05) is 34.6 Å². The summed E-state index contributed by atoms with van der Waals surface area (Å²) >= 11 is 0. The van der Waals surface area contributed by atoms with Gasteiger partial charge in [0.15, 0.2) is 0 Å². The molecule has 2 atom stereocenters. The number of piperazine rings is 1. The number of aromatic nitrogens is 1. The second-order valence-electron chi connectivity index (χ2n) is 8.30. The van der Waals surface area contributed by atoms with E-state index in [0.29, 0.717) is 0 Å². The number of carbonyl (C=O) groups excluding carboxylic acids is 1. The van der Waals surface area contributed by atoms with Crippen molar-refractivity contribution in [3.05, 3.63) is 36.7 Å². The van der Waals surface area contributed by atoms with Gasteiger partial charge in [-0.1, -0.05) is 6.07 Å². The summed E-state index contributed by atoms with van der Waals surface area (Å²) in [6.07, 6.45) is 2.93. The summed E-state index contributed by atoms with van der Waals surface area (Å²) in [7, 11) is -3.70. The monoisotopic (exact) mass is 405 g/mol. The first-order valence-corrected chi connectivity index (χ1v) is 10.8. The van der Waals surface area contributed by atoms with Gasteiger partial charge in [0.25, 0.3) is 0 Å². The molecule has 1 aliphatic heterocycles. The molecule has 8 heteroatoms. The zero-order valence-corrected chi connectivity index (χ0v) is 17.7. The summed E-state index contributed by atoms with van der Waals surface area (Å²) in [6, 6.07) is 6.11. The van der Waals surface area contributed by atoms with Gasteiger partial charge in [0.05, 0.1) is 4.90 Å². The van der Waals surface area contributed by atoms with Crippen molar-refractivity contribution in [2.45, 2.75) is 57.2 Å². The Hall–Kier alpha value is -2.19. The number of amides is 1. The van der Waals surface area contributed by atoms with Gasteiger partial charge in [-0.15, -0.1) is 0 Å². The predicted octanol–water partition coefficient (Wildman–Crippen LogP) is 3.25. The highest BCUT2D eigenvalue weighted by atomic mass is 32.2. The molecule has 0 unspecified atom stereocenters. The first-order valence-electron chi connectivity index (χ1n) is 9.34. The van der Waals surface area contributed by atoms with Crippen LogP contribution in [-0.2, 0) is 14.8 Å². The van der Waals surface area contributed by atoms with E-state index in [-0.39, 0.29) is 30.1 Å². The molecule has 7 nitrogen and oxygen atoms in total. The second kappa shape index (κ2) is 7.33. The standard InChI is InChI=1S/C20H27N3O4S/c1-14-12-22(19(24)27-20(3,4)5)13-15(2)23(14)28(25,26)18-7-6-17-11-21-9-8-16(17)10-18/h6-11,14-15H,12-13H2,1-5H3/t14-,15-/m1/s1. The van der Waals surface area contributed by atoms with Crippen LogP contribution in [0.25, 0.3) is 10.8 Å². The first-order chi connectivity index (χ1) is 13.0. The third-order valence-electron chi connectivity index (χ3n) is 4.68. The maximum absolute atomic E-state index is 13.3. The molecule has 0 bridgehead atoms. The summed E-state index contributed by atoms with van der Waals surface area (Å²) in [5, 5.41) is 1.71. The van der Waals surface area contributed by atoms with Gasteiger partial charge in [0, 0.05) is 43.0 Å². The fourth-order valence-electron chi connectivity index (χ4n) is 3.60. The second-order valence-corrected chi connectivity index (χ2v) is 10.1. The van der Waals surface area contributed by atoms with Gasteiger partial charge >= 0.3 is 6.09 Å². The van der Waals surface area contributed by atoms with Crippen LogP contribution < -0.4 is 0 Å². The van der Waals surface area contributed by atoms with E-state index in [1.165, 1.54) is 4.31 Å². The molecule has 1 aromatic carbocycles. The van der Waals surface area contributed by atoms with Crippen molar-refractivity contribution in [2.75, 3.05) is 13.1 Å². The fraction of sp³-hybridized carbons (Fsp3) is 0.500. The minimum Gasteiger partial charge on any atom is -0.444 e. The molecule has 2 heterocycles. The highest BCUT2D eigenvalue weighted by molar-refractivity contribution is 7.89. The molecule has 0 aliphatic carbocycles. The maximum atomic E-state index is 13.3. The number of fused-ring (bicyclic) bond motifs is 1. The van der Waals surface area contributed by atoms with Gasteiger partial charge in [-0.05, 0) is 58.2 Å². The molecule has 1 aliphatic rings. The molecular formula is C20H27N3O4S. The van der Waals surface area contributed by atoms with Crippen LogP contribution in [0.3, 0.4) is 0 Å². The summed E-state index contributed by atoms with van der Waals surface area (Å²) in [5.74, 6) is 0. The molecule has 0 saturated carbocycles. The quantitative estimate of drug-likeness (QED) is 0.766. The van der Waals surface area contributed by atoms with Crippen LogP contribution in [0.1, 0.15) is 34.6 Å². The summed E-state index contributed by atoms with van der Waals surface area (Å²) in [4.78, 5) is 18.3. The SMILES string of the molecule is C[C@@H]1CN(C(=O)OC(C)(C)C)C[C@@H](C)N1S(=O)(=O)c1ccc2cnccc2c1. The van der Waals surface area contributed by atoms with Crippen LogP contribution >= 0.6 is 0 Å². The van der Waals surface area contributed by atoms with Crippen molar-refractivity contribution < 1.29 is 17.9 Å². The summed E-state index contributed by atoms with van der Waals surface area (Å²) in [6.45, 7) is 9.65. The molecule has 152 valence electrons. The molecular weight excluding hydrogens is 378 g/mol. The lowest BCUT2D eigenvalue weighted by Crippen LogP contribution is -2.60. The van der Waals surface area contributed by atoms with Crippen molar-refractivity contribution in [1.82, 2.24) is 14.2 Å². The van der Waals surface area contributed by atoms with E-state index in [0.717, 1.165) is 10.8 Å². The molecule has 0 N–H and O–H groups in total. The van der Waals surface area contributed by atoms with E-state index in [1.54, 1.807) is 41.6 Å². The number of hydrogen-bond donors (Lipinski definition) is 0. The van der Waals surface area contributed by atoms with Crippen LogP contribution in [0.4, 0.5) is 4.79 Å². The highest BCUT2D eigenvalue weighted by Gasteiger charge is 2.40. The van der Waals surface area contributed by atoms with Crippen molar-refractivity contribution >= 4 is 26.9 Å². The van der Waals surface area contributed by atoms with Gasteiger partial charge in [-0.3, -0.25) is 4.98 Å². The van der Waals surface area contributed by atoms with Crippen molar-refractivity contribution in [2.24, 2.45) is 0 Å². The molecule has 28 heavy (non-hydrogen) atoms. The smallest absolute Gasteiger partial charge is 0.410 e. The zero-order valence-electron chi connectivity index (χ0n) is 16.9. The zero-order chi connectivity index (χ0) is 20.7. The first kappa shape index (κ1) is 20.5. The molecule has 1 saturated heterocycles. The van der Waals surface area contributed by atoms with Gasteiger partial charge in [0.2, 0.25) is 10.0 Å². The Balaban J connectivity index is 1.85. The molecule has 1 fully saturated rings. The normalized spacial score (nSPS) is 21.7. The number of ether oxygens (including phenoxy) is 1. The van der Waals surface area contributed by atoms with E-state index < -0.39 is 21.7 Å². The molecule has 3 rings (SSSR count). The van der Waals surface area contributed by atoms with Crippen LogP contribution in [0.2, 0.25) is 0 Å². The van der Waals surface area contributed by atoms with Crippen LogP contribution in [0.15, 0.2) is 41.6 Å². The predicted molar refractivity (Wildman–Crippen MR) is 107 cm³/mol. The van der Waals surface area contributed by atoms with Gasteiger partial charge in [-0.25, -0.2) is 13.2 Å². The van der Waals surface area contributed by atoms with E-state index in [2.05, 4.69) is 4.98 Å². The Morgan fingerprint density at radius 1 is 1.11 bits per heavy atom. The topological polar surface area (TPSA) is 79.8 Å². The van der Waals surface area contributed by atoms with Gasteiger partial charge < -0.3 is 9.64 Å². The number of sulfonamides is 1. The molecule has 1 amide bonds. The number of hydrogen-bond acceptors (Lipinski definition) is 5. The number of rotatable bonds is 2. The van der Waals surface area contributed by atoms with Gasteiger partial charge in [0.1, 0.15) is 5.60 Å². The van der Waals surface area contributed by atoms with Crippen molar-refractivity contribution in [3.63, 3.8) is 0 Å². The number of nitrogens with zero attached hydrogens (tertiary/aromatic N) is 3. The maximum Gasteiger partial charge on any atom is 0.410 e. The minimum atomic E-state index is -3.70. The lowest BCUT2D eigenvalue weighted by molar-refractivity contribution is 0.00744. The Bertz CT molecular complexity index is 972. The third kappa shape index (κ3) is 4.12. The van der Waals surface area contributed by atoms with Crippen LogP contribution in [0, 0.1) is 0 Å². The summed E-state index contributed by atoms with van der Waals surface area (Å²) < 4.78 is 33.6. The molecule has 0 spiro atoms. The largest absolute Gasteiger partial charge is 0.444 e. The van der Waals surface area contributed by atoms with E-state index in [4.69, 9.17) is 4.74 Å². The Morgan fingerprint density at radius 2 is 1.75 bits per heavy atom. The Kier molecular flexibility index (Phi) is 5.38. The van der Waals surface area contributed by atoms with E-state index in [9.17, 15) is 13.2 Å². The molecule has 1 aromatic heterocycles. The van der Waals surface area contributed by atoms with Crippen molar-refractivity contribution in [3.8, 4) is 0 Å². The Morgan fingerprint density at radius 3 is 2.36 bits per heavy atom. The number of pyridine rings is 1. The third-order valence-corrected chi connectivity index (χ3v) is 6.80. The van der Waals surface area contributed by atoms with Crippen molar-refractivity contribution in [1.29, 1.82) is 0 Å². The summed E-state index contributed by atoms with van der Waals surface area (Å²) in [5.41, 5.74) is -0.591. The lowest BCUT2D eigenvalue weighted by Gasteiger charge is -2.43. The molecule has 0 radical (unpaired) electrons. The average Bonchev–Trinajstić information content (AvgIpc) is 2.59. The van der Waals surface area contributed by atoms with Crippen LogP contribution in [-0.4, -0.2) is 59.5 Å². The number of carbonyl (C=O) groups is 1. The minimum absolute atomic E-state index is 0.246. The van der Waals surface area contributed by atoms with E-state index >= 15 is 0 Å². The number of benzene rings is 1. The van der Waals surface area contributed by atoms with Gasteiger partial charge in [-0.2, -0.15) is 4.31 Å². The average molecular weight is 406 g/mol. The van der Waals surface area contributed by atoms with Crippen LogP contribution in [0.5, 0.6) is 0 Å². The lowest BCUT2D eigenvalue weighted by atomic mass is 10.1. The fourth-order valence-corrected chi connectivity index (χ4v) is 5.44.